The van der Waals surface area contributed by atoms with Gasteiger partial charge in [0.2, 0.25) is 0 Å². The van der Waals surface area contributed by atoms with Crippen molar-refractivity contribution in [2.45, 2.75) is 0 Å². The number of rotatable bonds is 6. The zero-order valence-corrected chi connectivity index (χ0v) is 26.6. The van der Waals surface area contributed by atoms with Gasteiger partial charge >= 0.3 is 0 Å². The molecule has 9 aromatic rings. The van der Waals surface area contributed by atoms with E-state index in [1.54, 1.807) is 35.1 Å². The number of benzene rings is 3. The molecule has 0 saturated heterocycles. The fourth-order valence-corrected chi connectivity index (χ4v) is 8.21. The molecule has 0 aliphatic carbocycles. The number of pyridine rings is 2. The van der Waals surface area contributed by atoms with Gasteiger partial charge in [0.25, 0.3) is 0 Å². The normalized spacial score (nSPS) is 12.4. The maximum atomic E-state index is 9.84. The molecule has 3 aromatic carbocycles. The first kappa shape index (κ1) is 27.9. The Bertz CT molecular complexity index is 2610. The highest BCUT2D eigenvalue weighted by atomic mass is 32.1. The maximum absolute atomic E-state index is 9.84. The van der Waals surface area contributed by atoms with E-state index < -0.39 is 0 Å². The lowest BCUT2D eigenvalue weighted by atomic mass is 9.94. The third-order valence-electron chi connectivity index (χ3n) is 8.37. The minimum Gasteiger partial charge on any atom is -0.455 e. The van der Waals surface area contributed by atoms with Crippen LogP contribution in [0.15, 0.2) is 118 Å². The molecule has 0 aliphatic rings. The van der Waals surface area contributed by atoms with Gasteiger partial charge in [0.05, 0.1) is 32.3 Å². The maximum Gasteiger partial charge on any atom is 0.153 e. The molecule has 0 aliphatic heterocycles. The van der Waals surface area contributed by atoms with Crippen molar-refractivity contribution < 1.29 is 8.83 Å². The SMILES string of the molecule is N#C/C(=C\c1ccc(-c2oc3cccc4c5c(-c6ccc(/C=C(\C#N)c7ccccn7)s6)oc6cccc(c2c34)c65)s1)c1ccccn1. The highest BCUT2D eigenvalue weighted by Gasteiger charge is 2.26. The number of allylic oxidation sites excluding steroid dienone is 2. The van der Waals surface area contributed by atoms with Crippen molar-refractivity contribution in [2.24, 2.45) is 0 Å². The predicted molar refractivity (Wildman–Crippen MR) is 194 cm³/mol. The third kappa shape index (κ3) is 4.44. The van der Waals surface area contributed by atoms with Crippen molar-refractivity contribution in [3.63, 3.8) is 0 Å². The minimum atomic E-state index is 0.505. The standard InChI is InChI=1S/C40H20N4O2S2/c41-21-23(29-9-1-3-17-43-29)19-25-13-15-33(47-25)39-37-27-7-5-12-32-36(27)38(28-8-6-11-31(45-39)35(28)37)40(46-32)34-16-14-26(48-34)20-24(22-42)30-10-2-4-18-44-30/h1-20H/b23-19+,24-20+. The Balaban J connectivity index is 1.21. The second-order valence-corrected chi connectivity index (χ2v) is 13.4. The van der Waals surface area contributed by atoms with E-state index in [0.29, 0.717) is 22.5 Å². The fourth-order valence-electron chi connectivity index (χ4n) is 6.34. The molecule has 0 saturated carbocycles. The molecule has 224 valence electrons. The van der Waals surface area contributed by atoms with Gasteiger partial charge < -0.3 is 8.83 Å². The van der Waals surface area contributed by atoms with E-state index in [-0.39, 0.29) is 0 Å². The quantitative estimate of drug-likeness (QED) is 0.131. The minimum absolute atomic E-state index is 0.505. The first-order chi connectivity index (χ1) is 23.7. The zero-order chi connectivity index (χ0) is 32.2. The van der Waals surface area contributed by atoms with Crippen LogP contribution in [0.2, 0.25) is 0 Å². The van der Waals surface area contributed by atoms with E-state index in [0.717, 1.165) is 74.5 Å². The number of hydrogen-bond acceptors (Lipinski definition) is 8. The van der Waals surface area contributed by atoms with Gasteiger partial charge in [-0.05, 0) is 83.6 Å². The third-order valence-corrected chi connectivity index (χ3v) is 10.4. The number of nitriles is 2. The van der Waals surface area contributed by atoms with Crippen molar-refractivity contribution in [1.29, 1.82) is 10.5 Å². The van der Waals surface area contributed by atoms with E-state index in [4.69, 9.17) is 8.83 Å². The van der Waals surface area contributed by atoms with Crippen molar-refractivity contribution in [2.75, 3.05) is 0 Å². The van der Waals surface area contributed by atoms with Crippen molar-refractivity contribution in [1.82, 2.24) is 9.97 Å². The van der Waals surface area contributed by atoms with E-state index >= 15 is 0 Å². The summed E-state index contributed by atoms with van der Waals surface area (Å²) in [5.41, 5.74) is 3.89. The number of fused-ring (bicyclic) bond motifs is 2. The topological polar surface area (TPSA) is 99.6 Å². The second-order valence-electron chi connectivity index (χ2n) is 11.1. The van der Waals surface area contributed by atoms with Crippen LogP contribution in [0.25, 0.3) is 88.1 Å². The molecule has 0 bridgehead atoms. The van der Waals surface area contributed by atoms with Crippen LogP contribution < -0.4 is 0 Å². The molecule has 6 nitrogen and oxygen atoms in total. The Morgan fingerprint density at radius 3 is 1.44 bits per heavy atom. The van der Waals surface area contributed by atoms with Gasteiger partial charge in [-0.1, -0.05) is 36.4 Å². The summed E-state index contributed by atoms with van der Waals surface area (Å²) in [5, 5.41) is 26.0. The molecule has 0 amide bonds. The zero-order valence-electron chi connectivity index (χ0n) is 25.0. The van der Waals surface area contributed by atoms with Crippen LogP contribution >= 0.6 is 22.7 Å². The molecule has 48 heavy (non-hydrogen) atoms. The number of nitrogens with zero attached hydrogens (tertiary/aromatic N) is 4. The molecule has 9 rings (SSSR count). The summed E-state index contributed by atoms with van der Waals surface area (Å²) in [6, 6.07) is 36.1. The Kier molecular flexibility index (Phi) is 6.51. The van der Waals surface area contributed by atoms with Crippen molar-refractivity contribution in [3.05, 3.63) is 131 Å². The summed E-state index contributed by atoms with van der Waals surface area (Å²) in [6.45, 7) is 0. The molecule has 6 heterocycles. The molecule has 0 radical (unpaired) electrons. The number of hydrogen-bond donors (Lipinski definition) is 0. The summed E-state index contributed by atoms with van der Waals surface area (Å²) < 4.78 is 13.3. The van der Waals surface area contributed by atoms with Crippen molar-refractivity contribution >= 4 is 89.5 Å². The molecular formula is C40H20N4O2S2. The van der Waals surface area contributed by atoms with Crippen LogP contribution in [0, 0.1) is 22.7 Å². The van der Waals surface area contributed by atoms with Gasteiger partial charge in [-0.15, -0.1) is 22.7 Å². The molecule has 8 heteroatoms. The lowest BCUT2D eigenvalue weighted by Crippen LogP contribution is -1.84. The predicted octanol–water partition coefficient (Wildman–Crippen LogP) is 11.3. The summed E-state index contributed by atoms with van der Waals surface area (Å²) in [6.07, 6.45) is 7.13. The monoisotopic (exact) mass is 652 g/mol. The molecular weight excluding hydrogens is 633 g/mol. The molecule has 0 spiro atoms. The van der Waals surface area contributed by atoms with Crippen LogP contribution in [-0.2, 0) is 0 Å². The van der Waals surface area contributed by atoms with E-state index in [9.17, 15) is 10.5 Å². The lowest BCUT2D eigenvalue weighted by molar-refractivity contribution is 0.636. The van der Waals surface area contributed by atoms with Crippen LogP contribution in [-0.4, -0.2) is 9.97 Å². The summed E-state index contributed by atoms with van der Waals surface area (Å²) in [4.78, 5) is 12.5. The van der Waals surface area contributed by atoms with Gasteiger partial charge in [0, 0.05) is 43.7 Å². The van der Waals surface area contributed by atoms with Gasteiger partial charge in [0.1, 0.15) is 23.3 Å². The van der Waals surface area contributed by atoms with Gasteiger partial charge in [-0.2, -0.15) is 10.5 Å². The van der Waals surface area contributed by atoms with E-state index in [1.807, 2.05) is 84.9 Å². The largest absolute Gasteiger partial charge is 0.455 e. The second kappa shape index (κ2) is 11.2. The number of aromatic nitrogens is 2. The van der Waals surface area contributed by atoms with Gasteiger partial charge in [-0.25, -0.2) is 0 Å². The van der Waals surface area contributed by atoms with Crippen LogP contribution in [0.4, 0.5) is 0 Å². The smallest absolute Gasteiger partial charge is 0.153 e. The molecule has 0 atom stereocenters. The Morgan fingerprint density at radius 1 is 0.542 bits per heavy atom. The van der Waals surface area contributed by atoms with E-state index in [1.165, 1.54) is 0 Å². The number of thiophene rings is 2. The molecule has 0 fully saturated rings. The first-order valence-electron chi connectivity index (χ1n) is 15.1. The first-order valence-corrected chi connectivity index (χ1v) is 16.7. The Morgan fingerprint density at radius 2 is 1.02 bits per heavy atom. The van der Waals surface area contributed by atoms with Crippen LogP contribution in [0.1, 0.15) is 21.1 Å². The number of furan rings is 2. The van der Waals surface area contributed by atoms with Crippen LogP contribution in [0.5, 0.6) is 0 Å². The van der Waals surface area contributed by atoms with Gasteiger partial charge in [-0.3, -0.25) is 9.97 Å². The van der Waals surface area contributed by atoms with Crippen molar-refractivity contribution in [3.8, 4) is 33.4 Å². The average molecular weight is 653 g/mol. The summed E-state index contributed by atoms with van der Waals surface area (Å²) >= 11 is 3.15. The Hall–Kier alpha value is -6.32. The summed E-state index contributed by atoms with van der Waals surface area (Å²) in [5.74, 6) is 1.59. The highest BCUT2D eigenvalue weighted by molar-refractivity contribution is 7.16. The molecule has 0 unspecified atom stereocenters. The molecule has 0 N–H and O–H groups in total. The highest BCUT2D eigenvalue weighted by Crippen LogP contribution is 2.51. The Labute approximate surface area is 281 Å². The van der Waals surface area contributed by atoms with Gasteiger partial charge in [0.15, 0.2) is 11.5 Å². The average Bonchev–Trinajstić information content (AvgIpc) is 3.95. The van der Waals surface area contributed by atoms with Crippen LogP contribution in [0.3, 0.4) is 0 Å². The summed E-state index contributed by atoms with van der Waals surface area (Å²) in [7, 11) is 0. The van der Waals surface area contributed by atoms with E-state index in [2.05, 4.69) is 46.4 Å². The lowest BCUT2D eigenvalue weighted by Gasteiger charge is -2.05. The molecule has 6 aromatic heterocycles. The fraction of sp³-hybridized carbons (Fsp3) is 0.